The standard InChI is InChI=1S/C23H27N7O2/c1-3-29-20(28-11-5-6-15(24)13-28)12-19-21(29)22(31)30(23(32)27(19)2)14-16-8-9-17-18(26-16)7-4-10-25-17/h4,7-10,12,15H,3,5-6,11,13-14,24H2,1-2H3/t15-/m1/s1. The van der Waals surface area contributed by atoms with E-state index in [9.17, 15) is 9.59 Å². The molecule has 5 heterocycles. The number of hydrogen-bond donors (Lipinski definition) is 1. The lowest BCUT2D eigenvalue weighted by molar-refractivity contribution is 0.498. The molecule has 0 saturated carbocycles. The second-order valence-electron chi connectivity index (χ2n) is 8.41. The molecule has 1 atom stereocenters. The van der Waals surface area contributed by atoms with Gasteiger partial charge in [0.15, 0.2) is 0 Å². The first-order valence-electron chi connectivity index (χ1n) is 11.0. The van der Waals surface area contributed by atoms with Crippen molar-refractivity contribution in [1.82, 2.24) is 23.7 Å². The number of pyridine rings is 2. The first-order chi connectivity index (χ1) is 15.5. The molecular formula is C23H27N7O2. The van der Waals surface area contributed by atoms with E-state index in [-0.39, 0.29) is 23.8 Å². The van der Waals surface area contributed by atoms with Crippen molar-refractivity contribution in [2.24, 2.45) is 12.8 Å². The number of anilines is 1. The zero-order valence-electron chi connectivity index (χ0n) is 18.4. The van der Waals surface area contributed by atoms with Crippen LogP contribution in [-0.2, 0) is 20.1 Å². The third-order valence-corrected chi connectivity index (χ3v) is 6.31. The van der Waals surface area contributed by atoms with Crippen LogP contribution in [-0.4, -0.2) is 42.8 Å². The van der Waals surface area contributed by atoms with Gasteiger partial charge >= 0.3 is 5.69 Å². The molecule has 9 heteroatoms. The minimum Gasteiger partial charge on any atom is -0.356 e. The van der Waals surface area contributed by atoms with Crippen LogP contribution in [0.3, 0.4) is 0 Å². The maximum atomic E-state index is 13.6. The summed E-state index contributed by atoms with van der Waals surface area (Å²) >= 11 is 0. The second kappa shape index (κ2) is 7.90. The number of piperidine rings is 1. The molecule has 0 aromatic carbocycles. The van der Waals surface area contributed by atoms with E-state index in [0.717, 1.165) is 42.8 Å². The highest BCUT2D eigenvalue weighted by atomic mass is 16.2. The maximum absolute atomic E-state index is 13.6. The first kappa shape index (κ1) is 20.4. The predicted molar refractivity (Wildman–Crippen MR) is 125 cm³/mol. The van der Waals surface area contributed by atoms with Gasteiger partial charge in [-0.2, -0.15) is 0 Å². The largest absolute Gasteiger partial charge is 0.356 e. The zero-order chi connectivity index (χ0) is 22.4. The van der Waals surface area contributed by atoms with Crippen LogP contribution in [0.15, 0.2) is 46.1 Å². The molecule has 0 bridgehead atoms. The molecule has 1 aliphatic rings. The van der Waals surface area contributed by atoms with E-state index >= 15 is 0 Å². The summed E-state index contributed by atoms with van der Waals surface area (Å²) in [6.07, 6.45) is 3.73. The Morgan fingerprint density at radius 3 is 2.78 bits per heavy atom. The number of nitrogens with zero attached hydrogens (tertiary/aromatic N) is 6. The highest BCUT2D eigenvalue weighted by molar-refractivity contribution is 5.81. The molecule has 2 N–H and O–H groups in total. The van der Waals surface area contributed by atoms with E-state index < -0.39 is 0 Å². The van der Waals surface area contributed by atoms with E-state index in [1.54, 1.807) is 17.8 Å². The fraction of sp³-hybridized carbons (Fsp3) is 0.391. The number of rotatable bonds is 4. The number of aryl methyl sites for hydroxylation is 2. The topological polar surface area (TPSA) is 104 Å². The van der Waals surface area contributed by atoms with Crippen LogP contribution in [0.5, 0.6) is 0 Å². The fourth-order valence-corrected chi connectivity index (χ4v) is 4.69. The van der Waals surface area contributed by atoms with E-state index in [0.29, 0.717) is 23.3 Å². The summed E-state index contributed by atoms with van der Waals surface area (Å²) in [4.78, 5) is 37.8. The molecule has 1 fully saturated rings. The van der Waals surface area contributed by atoms with Gasteiger partial charge in [-0.1, -0.05) is 0 Å². The van der Waals surface area contributed by atoms with Gasteiger partial charge in [0, 0.05) is 45.0 Å². The Hall–Kier alpha value is -3.46. The normalized spacial score (nSPS) is 16.8. The van der Waals surface area contributed by atoms with Crippen LogP contribution in [0, 0.1) is 0 Å². The number of hydrogen-bond acceptors (Lipinski definition) is 6. The lowest BCUT2D eigenvalue weighted by Gasteiger charge is -2.33. The SMILES string of the molecule is CCn1c(N2CCC[C@@H](N)C2)cc2c1c(=O)n(Cc1ccc3ncccc3n1)c(=O)n2C. The van der Waals surface area contributed by atoms with Crippen molar-refractivity contribution in [3.63, 3.8) is 0 Å². The number of nitrogens with two attached hydrogens (primary N) is 1. The van der Waals surface area contributed by atoms with Crippen molar-refractivity contribution in [2.45, 2.75) is 38.9 Å². The van der Waals surface area contributed by atoms with Crippen molar-refractivity contribution >= 4 is 27.9 Å². The molecular weight excluding hydrogens is 406 g/mol. The Labute approximate surface area is 184 Å². The maximum Gasteiger partial charge on any atom is 0.331 e. The van der Waals surface area contributed by atoms with Gasteiger partial charge in [-0.3, -0.25) is 18.9 Å². The van der Waals surface area contributed by atoms with Crippen LogP contribution >= 0.6 is 0 Å². The van der Waals surface area contributed by atoms with Crippen LogP contribution in [0.2, 0.25) is 0 Å². The molecule has 166 valence electrons. The van der Waals surface area contributed by atoms with Crippen LogP contribution in [0.1, 0.15) is 25.5 Å². The highest BCUT2D eigenvalue weighted by Gasteiger charge is 2.24. The van der Waals surface area contributed by atoms with Crippen LogP contribution in [0.4, 0.5) is 5.82 Å². The van der Waals surface area contributed by atoms with Gasteiger partial charge in [0.2, 0.25) is 0 Å². The zero-order valence-corrected chi connectivity index (χ0v) is 18.4. The summed E-state index contributed by atoms with van der Waals surface area (Å²) < 4.78 is 4.83. The third-order valence-electron chi connectivity index (χ3n) is 6.31. The molecule has 9 nitrogen and oxygen atoms in total. The lowest BCUT2D eigenvalue weighted by Crippen LogP contribution is -2.43. The smallest absolute Gasteiger partial charge is 0.331 e. The summed E-state index contributed by atoms with van der Waals surface area (Å²) in [5.41, 5.74) is 8.86. The molecule has 1 saturated heterocycles. The predicted octanol–water partition coefficient (Wildman–Crippen LogP) is 1.44. The number of aromatic nitrogens is 5. The summed E-state index contributed by atoms with van der Waals surface area (Å²) in [7, 11) is 1.71. The molecule has 32 heavy (non-hydrogen) atoms. The molecule has 0 radical (unpaired) electrons. The Morgan fingerprint density at radius 2 is 2.00 bits per heavy atom. The second-order valence-corrected chi connectivity index (χ2v) is 8.41. The van der Waals surface area contributed by atoms with Gasteiger partial charge < -0.3 is 15.2 Å². The average molecular weight is 434 g/mol. The fourth-order valence-electron chi connectivity index (χ4n) is 4.69. The van der Waals surface area contributed by atoms with Gasteiger partial charge in [-0.25, -0.2) is 9.78 Å². The lowest BCUT2D eigenvalue weighted by atomic mass is 10.1. The molecule has 5 rings (SSSR count). The summed E-state index contributed by atoms with van der Waals surface area (Å²) in [5, 5.41) is 0. The van der Waals surface area contributed by atoms with Gasteiger partial charge in [0.1, 0.15) is 11.3 Å². The molecule has 0 unspecified atom stereocenters. The van der Waals surface area contributed by atoms with Gasteiger partial charge in [-0.05, 0) is 44.0 Å². The monoisotopic (exact) mass is 433 g/mol. The van der Waals surface area contributed by atoms with E-state index in [2.05, 4.69) is 14.9 Å². The van der Waals surface area contributed by atoms with Crippen LogP contribution in [0.25, 0.3) is 22.1 Å². The summed E-state index contributed by atoms with van der Waals surface area (Å²) in [5.74, 6) is 0.942. The first-order valence-corrected chi connectivity index (χ1v) is 11.0. The van der Waals surface area contributed by atoms with Crippen molar-refractivity contribution in [3.05, 3.63) is 63.1 Å². The van der Waals surface area contributed by atoms with Crippen molar-refractivity contribution in [1.29, 1.82) is 0 Å². The van der Waals surface area contributed by atoms with E-state index in [4.69, 9.17) is 5.73 Å². The molecule has 4 aromatic rings. The van der Waals surface area contributed by atoms with Crippen LogP contribution < -0.4 is 21.9 Å². The van der Waals surface area contributed by atoms with Gasteiger partial charge in [0.05, 0.1) is 28.8 Å². The third kappa shape index (κ3) is 3.29. The van der Waals surface area contributed by atoms with E-state index in [1.807, 2.05) is 41.8 Å². The Kier molecular flexibility index (Phi) is 5.05. The number of fused-ring (bicyclic) bond motifs is 2. The van der Waals surface area contributed by atoms with Gasteiger partial charge in [-0.15, -0.1) is 0 Å². The minimum absolute atomic E-state index is 0.102. The Balaban J connectivity index is 1.65. The molecule has 1 aliphatic heterocycles. The van der Waals surface area contributed by atoms with Crippen molar-refractivity contribution in [3.8, 4) is 0 Å². The molecule has 0 spiro atoms. The molecule has 4 aromatic heterocycles. The molecule has 0 aliphatic carbocycles. The van der Waals surface area contributed by atoms with Crippen molar-refractivity contribution < 1.29 is 0 Å². The van der Waals surface area contributed by atoms with Crippen molar-refractivity contribution in [2.75, 3.05) is 18.0 Å². The Bertz CT molecular complexity index is 1430. The average Bonchev–Trinajstić information content (AvgIpc) is 3.20. The summed E-state index contributed by atoms with van der Waals surface area (Å²) in [6.45, 7) is 4.37. The van der Waals surface area contributed by atoms with E-state index in [1.165, 1.54) is 4.57 Å². The summed E-state index contributed by atoms with van der Waals surface area (Å²) in [6, 6.07) is 9.42. The Morgan fingerprint density at radius 1 is 1.16 bits per heavy atom. The quantitative estimate of drug-likeness (QED) is 0.522. The van der Waals surface area contributed by atoms with Gasteiger partial charge in [0.25, 0.3) is 5.56 Å². The minimum atomic E-state index is -0.356. The molecule has 0 amide bonds. The highest BCUT2D eigenvalue weighted by Crippen LogP contribution is 2.26.